The number of nitriles is 1. The Bertz CT molecular complexity index is 872. The standard InChI is InChI=1S/C18H15N3OS3/c1-22-16-7-5-13(6-8-16)11-23-17-20-21-18(25-17)24-12-15-4-2-3-14(9-15)10-19/h2-9H,11-12H2,1H3. The minimum atomic E-state index is 0.686. The van der Waals surface area contributed by atoms with Gasteiger partial charge in [0.2, 0.25) is 0 Å². The highest BCUT2D eigenvalue weighted by atomic mass is 32.2. The van der Waals surface area contributed by atoms with Crippen LogP contribution in [0.3, 0.4) is 0 Å². The Balaban J connectivity index is 1.52. The Morgan fingerprint density at radius 2 is 1.68 bits per heavy atom. The number of hydrogen-bond donors (Lipinski definition) is 0. The highest BCUT2D eigenvalue weighted by molar-refractivity contribution is 8.02. The van der Waals surface area contributed by atoms with E-state index < -0.39 is 0 Å². The van der Waals surface area contributed by atoms with Gasteiger partial charge in [-0.1, -0.05) is 59.1 Å². The fraction of sp³-hybridized carbons (Fsp3) is 0.167. The van der Waals surface area contributed by atoms with Gasteiger partial charge >= 0.3 is 0 Å². The van der Waals surface area contributed by atoms with Crippen LogP contribution >= 0.6 is 34.9 Å². The molecule has 0 aliphatic heterocycles. The molecule has 1 aromatic heterocycles. The minimum absolute atomic E-state index is 0.686. The fourth-order valence-electron chi connectivity index (χ4n) is 2.06. The second kappa shape index (κ2) is 8.90. The summed E-state index contributed by atoms with van der Waals surface area (Å²) in [5.41, 5.74) is 3.03. The average molecular weight is 386 g/mol. The molecule has 0 saturated carbocycles. The van der Waals surface area contributed by atoms with Crippen LogP contribution in [0.25, 0.3) is 0 Å². The second-order valence-electron chi connectivity index (χ2n) is 5.07. The third kappa shape index (κ3) is 5.23. The normalized spacial score (nSPS) is 10.4. The van der Waals surface area contributed by atoms with Gasteiger partial charge in [-0.05, 0) is 35.4 Å². The van der Waals surface area contributed by atoms with Gasteiger partial charge in [-0.25, -0.2) is 0 Å². The van der Waals surface area contributed by atoms with Gasteiger partial charge in [0.05, 0.1) is 18.7 Å². The highest BCUT2D eigenvalue weighted by Crippen LogP contribution is 2.32. The van der Waals surface area contributed by atoms with Crippen LogP contribution in [-0.4, -0.2) is 17.3 Å². The molecule has 0 fully saturated rings. The molecule has 0 aliphatic rings. The predicted molar refractivity (Wildman–Crippen MR) is 103 cm³/mol. The fourth-order valence-corrected chi connectivity index (χ4v) is 4.98. The van der Waals surface area contributed by atoms with Crippen molar-refractivity contribution in [2.45, 2.75) is 20.2 Å². The Morgan fingerprint density at radius 3 is 2.32 bits per heavy atom. The number of ether oxygens (including phenoxy) is 1. The molecule has 0 unspecified atom stereocenters. The molecule has 0 amide bonds. The summed E-state index contributed by atoms with van der Waals surface area (Å²) in [6.45, 7) is 0. The van der Waals surface area contributed by atoms with Crippen LogP contribution < -0.4 is 4.74 Å². The Hall–Kier alpha value is -2.01. The largest absolute Gasteiger partial charge is 0.497 e. The zero-order valence-electron chi connectivity index (χ0n) is 13.5. The van der Waals surface area contributed by atoms with E-state index >= 15 is 0 Å². The number of hydrogen-bond acceptors (Lipinski definition) is 7. The molecule has 126 valence electrons. The van der Waals surface area contributed by atoms with Crippen LogP contribution in [0.4, 0.5) is 0 Å². The van der Waals surface area contributed by atoms with Crippen molar-refractivity contribution in [3.8, 4) is 11.8 Å². The van der Waals surface area contributed by atoms with Crippen LogP contribution in [0.2, 0.25) is 0 Å². The topological polar surface area (TPSA) is 58.8 Å². The lowest BCUT2D eigenvalue weighted by molar-refractivity contribution is 0.414. The van der Waals surface area contributed by atoms with E-state index in [0.29, 0.717) is 5.56 Å². The molecule has 7 heteroatoms. The summed E-state index contributed by atoms with van der Waals surface area (Å²) in [5, 5.41) is 17.4. The van der Waals surface area contributed by atoms with E-state index in [9.17, 15) is 0 Å². The minimum Gasteiger partial charge on any atom is -0.497 e. The average Bonchev–Trinajstić information content (AvgIpc) is 3.13. The Morgan fingerprint density at radius 1 is 1.00 bits per heavy atom. The lowest BCUT2D eigenvalue weighted by Crippen LogP contribution is -1.84. The smallest absolute Gasteiger partial charge is 0.175 e. The van der Waals surface area contributed by atoms with Gasteiger partial charge in [-0.2, -0.15) is 5.26 Å². The van der Waals surface area contributed by atoms with Crippen LogP contribution in [-0.2, 0) is 11.5 Å². The first kappa shape index (κ1) is 17.8. The zero-order valence-corrected chi connectivity index (χ0v) is 16.0. The molecule has 3 aromatic rings. The van der Waals surface area contributed by atoms with Crippen molar-refractivity contribution in [1.82, 2.24) is 10.2 Å². The monoisotopic (exact) mass is 385 g/mol. The summed E-state index contributed by atoms with van der Waals surface area (Å²) < 4.78 is 7.07. The maximum Gasteiger partial charge on any atom is 0.175 e. The molecule has 0 spiro atoms. The van der Waals surface area contributed by atoms with E-state index in [2.05, 4.69) is 28.4 Å². The maximum atomic E-state index is 8.95. The summed E-state index contributed by atoms with van der Waals surface area (Å²) in [6.07, 6.45) is 0. The summed E-state index contributed by atoms with van der Waals surface area (Å²) in [5.74, 6) is 2.50. The molecule has 2 aromatic carbocycles. The molecular weight excluding hydrogens is 370 g/mol. The van der Waals surface area contributed by atoms with E-state index in [1.165, 1.54) is 5.56 Å². The summed E-state index contributed by atoms with van der Waals surface area (Å²) in [6, 6.07) is 17.9. The third-order valence-corrected chi connectivity index (χ3v) is 6.66. The number of nitrogens with zero attached hydrogens (tertiary/aromatic N) is 3. The van der Waals surface area contributed by atoms with Crippen molar-refractivity contribution in [1.29, 1.82) is 5.26 Å². The first-order valence-electron chi connectivity index (χ1n) is 7.48. The molecular formula is C18H15N3OS3. The second-order valence-corrected chi connectivity index (χ2v) is 8.49. The number of thioether (sulfide) groups is 2. The predicted octanol–water partition coefficient (Wildman–Crippen LogP) is 5.00. The van der Waals surface area contributed by atoms with Gasteiger partial charge in [0.1, 0.15) is 5.75 Å². The van der Waals surface area contributed by atoms with Gasteiger partial charge in [0.15, 0.2) is 8.68 Å². The van der Waals surface area contributed by atoms with E-state index in [1.54, 1.807) is 42.0 Å². The van der Waals surface area contributed by atoms with E-state index in [-0.39, 0.29) is 0 Å². The van der Waals surface area contributed by atoms with Gasteiger partial charge < -0.3 is 4.74 Å². The first-order valence-corrected chi connectivity index (χ1v) is 10.3. The van der Waals surface area contributed by atoms with Crippen molar-refractivity contribution < 1.29 is 4.74 Å². The summed E-state index contributed by atoms with van der Waals surface area (Å²) in [4.78, 5) is 0. The number of benzene rings is 2. The molecule has 0 atom stereocenters. The van der Waals surface area contributed by atoms with Crippen LogP contribution in [0.1, 0.15) is 16.7 Å². The third-order valence-electron chi connectivity index (χ3n) is 3.33. The Labute approximate surface area is 159 Å². The highest BCUT2D eigenvalue weighted by Gasteiger charge is 2.07. The van der Waals surface area contributed by atoms with Crippen LogP contribution in [0.15, 0.2) is 57.2 Å². The lowest BCUT2D eigenvalue weighted by Gasteiger charge is -2.01. The zero-order chi connectivity index (χ0) is 17.5. The molecule has 0 N–H and O–H groups in total. The van der Waals surface area contributed by atoms with Crippen molar-refractivity contribution in [2.24, 2.45) is 0 Å². The molecule has 0 bridgehead atoms. The number of aromatic nitrogens is 2. The molecule has 3 rings (SSSR count). The van der Waals surface area contributed by atoms with E-state index in [0.717, 1.165) is 31.5 Å². The number of methoxy groups -OCH3 is 1. The first-order chi connectivity index (χ1) is 12.3. The van der Waals surface area contributed by atoms with Crippen molar-refractivity contribution in [3.05, 3.63) is 65.2 Å². The summed E-state index contributed by atoms with van der Waals surface area (Å²) >= 11 is 4.93. The maximum absolute atomic E-state index is 8.95. The molecule has 0 saturated heterocycles. The Kier molecular flexibility index (Phi) is 6.34. The molecule has 0 radical (unpaired) electrons. The van der Waals surface area contributed by atoms with Gasteiger partial charge in [0.25, 0.3) is 0 Å². The van der Waals surface area contributed by atoms with Crippen LogP contribution in [0, 0.1) is 11.3 Å². The van der Waals surface area contributed by atoms with Crippen LogP contribution in [0.5, 0.6) is 5.75 Å². The molecule has 1 heterocycles. The summed E-state index contributed by atoms with van der Waals surface area (Å²) in [7, 11) is 1.67. The molecule has 0 aliphatic carbocycles. The van der Waals surface area contributed by atoms with Gasteiger partial charge in [-0.3, -0.25) is 0 Å². The van der Waals surface area contributed by atoms with Gasteiger partial charge in [0, 0.05) is 11.5 Å². The van der Waals surface area contributed by atoms with Gasteiger partial charge in [-0.15, -0.1) is 10.2 Å². The molecule has 4 nitrogen and oxygen atoms in total. The van der Waals surface area contributed by atoms with Crippen molar-refractivity contribution >= 4 is 34.9 Å². The van der Waals surface area contributed by atoms with Crippen molar-refractivity contribution in [3.63, 3.8) is 0 Å². The number of rotatable bonds is 7. The SMILES string of the molecule is COc1ccc(CSc2nnc(SCc3cccc(C#N)c3)s2)cc1. The van der Waals surface area contributed by atoms with E-state index in [1.807, 2.05) is 36.4 Å². The quantitative estimate of drug-likeness (QED) is 0.533. The van der Waals surface area contributed by atoms with Crippen molar-refractivity contribution in [2.75, 3.05) is 7.11 Å². The molecule has 25 heavy (non-hydrogen) atoms. The lowest BCUT2D eigenvalue weighted by atomic mass is 10.2. The van der Waals surface area contributed by atoms with E-state index in [4.69, 9.17) is 10.00 Å².